The molecule has 0 spiro atoms. The van der Waals surface area contributed by atoms with E-state index >= 15 is 0 Å². The third-order valence-corrected chi connectivity index (χ3v) is 4.63. The lowest BCUT2D eigenvalue weighted by Crippen LogP contribution is -2.48. The van der Waals surface area contributed by atoms with Gasteiger partial charge in [0.05, 0.1) is 0 Å². The number of rotatable bonds is 7. The SMILES string of the molecule is CCCNC(CCN1CCCC(N(C)C)C1)C(C)(C)C. The van der Waals surface area contributed by atoms with Gasteiger partial charge in [0.2, 0.25) is 0 Å². The summed E-state index contributed by atoms with van der Waals surface area (Å²) in [5, 5.41) is 3.75. The molecule has 0 aromatic rings. The van der Waals surface area contributed by atoms with Gasteiger partial charge in [-0.25, -0.2) is 0 Å². The first-order valence-corrected chi connectivity index (χ1v) is 8.46. The van der Waals surface area contributed by atoms with Gasteiger partial charge in [-0.05, 0) is 64.8 Å². The fourth-order valence-electron chi connectivity index (χ4n) is 3.13. The summed E-state index contributed by atoms with van der Waals surface area (Å²) in [5.74, 6) is 0. The van der Waals surface area contributed by atoms with Crippen molar-refractivity contribution in [2.24, 2.45) is 5.41 Å². The highest BCUT2D eigenvalue weighted by molar-refractivity contribution is 4.83. The molecule has 1 fully saturated rings. The van der Waals surface area contributed by atoms with Gasteiger partial charge in [-0.1, -0.05) is 27.7 Å². The molecule has 1 aliphatic rings. The number of hydrogen-bond donors (Lipinski definition) is 1. The Morgan fingerprint density at radius 2 is 2.00 bits per heavy atom. The fraction of sp³-hybridized carbons (Fsp3) is 1.00. The van der Waals surface area contributed by atoms with Crippen LogP contribution in [0.1, 0.15) is 53.4 Å². The predicted octanol–water partition coefficient (Wildman–Crippen LogP) is 2.82. The topological polar surface area (TPSA) is 18.5 Å². The lowest BCUT2D eigenvalue weighted by molar-refractivity contribution is 0.121. The second-order valence-corrected chi connectivity index (χ2v) is 7.72. The zero-order valence-corrected chi connectivity index (χ0v) is 14.7. The van der Waals surface area contributed by atoms with Gasteiger partial charge in [-0.15, -0.1) is 0 Å². The summed E-state index contributed by atoms with van der Waals surface area (Å²) < 4.78 is 0. The molecular weight excluding hydrogens is 246 g/mol. The average molecular weight is 284 g/mol. The third-order valence-electron chi connectivity index (χ3n) is 4.63. The predicted molar refractivity (Wildman–Crippen MR) is 89.3 cm³/mol. The first-order valence-electron chi connectivity index (χ1n) is 8.46. The highest BCUT2D eigenvalue weighted by atomic mass is 15.2. The summed E-state index contributed by atoms with van der Waals surface area (Å²) in [4.78, 5) is 5.06. The molecule has 2 unspecified atom stereocenters. The minimum atomic E-state index is 0.353. The molecule has 120 valence electrons. The van der Waals surface area contributed by atoms with E-state index in [1.54, 1.807) is 0 Å². The van der Waals surface area contributed by atoms with E-state index in [0.717, 1.165) is 12.6 Å². The van der Waals surface area contributed by atoms with Crippen LogP contribution in [0.15, 0.2) is 0 Å². The third kappa shape index (κ3) is 6.11. The summed E-state index contributed by atoms with van der Waals surface area (Å²) in [6.07, 6.45) is 5.20. The molecule has 0 amide bonds. The molecule has 1 saturated heterocycles. The molecule has 3 heteroatoms. The van der Waals surface area contributed by atoms with Crippen LogP contribution in [0.3, 0.4) is 0 Å². The van der Waals surface area contributed by atoms with Gasteiger partial charge in [-0.3, -0.25) is 0 Å². The Kier molecular flexibility index (Phi) is 7.49. The Morgan fingerprint density at radius 1 is 1.30 bits per heavy atom. The van der Waals surface area contributed by atoms with Crippen molar-refractivity contribution >= 4 is 0 Å². The first-order chi connectivity index (χ1) is 9.34. The number of likely N-dealkylation sites (tertiary alicyclic amines) is 1. The Labute approximate surface area is 127 Å². The molecular formula is C17H37N3. The molecule has 0 aromatic heterocycles. The molecule has 1 rings (SSSR count). The summed E-state index contributed by atoms with van der Waals surface area (Å²) in [6.45, 7) is 14.2. The maximum Gasteiger partial charge on any atom is 0.0217 e. The molecule has 20 heavy (non-hydrogen) atoms. The van der Waals surface area contributed by atoms with Gasteiger partial charge < -0.3 is 15.1 Å². The Morgan fingerprint density at radius 3 is 2.55 bits per heavy atom. The quantitative estimate of drug-likeness (QED) is 0.775. The lowest BCUT2D eigenvalue weighted by atomic mass is 9.84. The van der Waals surface area contributed by atoms with Crippen LogP contribution >= 0.6 is 0 Å². The van der Waals surface area contributed by atoms with Crippen LogP contribution in [0.5, 0.6) is 0 Å². The van der Waals surface area contributed by atoms with Crippen molar-refractivity contribution in [1.29, 1.82) is 0 Å². The van der Waals surface area contributed by atoms with Crippen molar-refractivity contribution in [3.8, 4) is 0 Å². The molecule has 0 saturated carbocycles. The average Bonchev–Trinajstić information content (AvgIpc) is 2.37. The fourth-order valence-corrected chi connectivity index (χ4v) is 3.13. The van der Waals surface area contributed by atoms with Gasteiger partial charge >= 0.3 is 0 Å². The van der Waals surface area contributed by atoms with Crippen molar-refractivity contribution in [3.05, 3.63) is 0 Å². The molecule has 0 aliphatic carbocycles. The van der Waals surface area contributed by atoms with Crippen LogP contribution < -0.4 is 5.32 Å². The Balaban J connectivity index is 2.42. The van der Waals surface area contributed by atoms with Crippen LogP contribution in [0.4, 0.5) is 0 Å². The van der Waals surface area contributed by atoms with Gasteiger partial charge in [-0.2, -0.15) is 0 Å². The first kappa shape index (κ1) is 17.9. The minimum Gasteiger partial charge on any atom is -0.313 e. The van der Waals surface area contributed by atoms with Crippen LogP contribution in [0.25, 0.3) is 0 Å². The summed E-state index contributed by atoms with van der Waals surface area (Å²) in [7, 11) is 4.43. The van der Waals surface area contributed by atoms with E-state index in [9.17, 15) is 0 Å². The number of piperidine rings is 1. The molecule has 1 aliphatic heterocycles. The van der Waals surface area contributed by atoms with Gasteiger partial charge in [0.25, 0.3) is 0 Å². The van der Waals surface area contributed by atoms with E-state index in [0.29, 0.717) is 11.5 Å². The maximum absolute atomic E-state index is 3.75. The van der Waals surface area contributed by atoms with E-state index in [1.165, 1.54) is 45.3 Å². The van der Waals surface area contributed by atoms with E-state index < -0.39 is 0 Å². The van der Waals surface area contributed by atoms with E-state index in [4.69, 9.17) is 0 Å². The van der Waals surface area contributed by atoms with Crippen molar-refractivity contribution in [2.75, 3.05) is 40.3 Å². The lowest BCUT2D eigenvalue weighted by Gasteiger charge is -2.38. The van der Waals surface area contributed by atoms with Crippen molar-refractivity contribution < 1.29 is 0 Å². The minimum absolute atomic E-state index is 0.353. The molecule has 0 radical (unpaired) electrons. The van der Waals surface area contributed by atoms with Crippen LogP contribution in [-0.2, 0) is 0 Å². The smallest absolute Gasteiger partial charge is 0.0217 e. The molecule has 2 atom stereocenters. The number of nitrogens with zero attached hydrogens (tertiary/aromatic N) is 2. The van der Waals surface area contributed by atoms with E-state index in [-0.39, 0.29) is 0 Å². The van der Waals surface area contributed by atoms with Crippen LogP contribution in [-0.4, -0.2) is 62.2 Å². The summed E-state index contributed by atoms with van der Waals surface area (Å²) in [6, 6.07) is 1.38. The molecule has 1 N–H and O–H groups in total. The zero-order chi connectivity index (χ0) is 15.2. The van der Waals surface area contributed by atoms with Crippen LogP contribution in [0, 0.1) is 5.41 Å². The van der Waals surface area contributed by atoms with Gasteiger partial charge in [0, 0.05) is 18.6 Å². The van der Waals surface area contributed by atoms with Crippen molar-refractivity contribution in [2.45, 2.75) is 65.5 Å². The highest BCUT2D eigenvalue weighted by Gasteiger charge is 2.26. The zero-order valence-electron chi connectivity index (χ0n) is 14.7. The monoisotopic (exact) mass is 283 g/mol. The second-order valence-electron chi connectivity index (χ2n) is 7.72. The largest absolute Gasteiger partial charge is 0.313 e. The molecule has 0 aromatic carbocycles. The van der Waals surface area contributed by atoms with E-state index in [2.05, 4.69) is 56.9 Å². The van der Waals surface area contributed by atoms with Gasteiger partial charge in [0.15, 0.2) is 0 Å². The Hall–Kier alpha value is -0.120. The van der Waals surface area contributed by atoms with Gasteiger partial charge in [0.1, 0.15) is 0 Å². The second kappa shape index (κ2) is 8.35. The van der Waals surface area contributed by atoms with Crippen molar-refractivity contribution in [1.82, 2.24) is 15.1 Å². The Bertz CT molecular complexity index is 257. The number of likely N-dealkylation sites (N-methyl/N-ethyl adjacent to an activating group) is 1. The normalized spacial score (nSPS) is 23.2. The standard InChI is InChI=1S/C17H37N3/c1-7-11-18-16(17(2,3)4)10-13-20-12-8-9-15(14-20)19(5)6/h15-16,18H,7-14H2,1-6H3. The summed E-state index contributed by atoms with van der Waals surface area (Å²) in [5.41, 5.74) is 0.353. The molecule has 0 bridgehead atoms. The molecule has 1 heterocycles. The van der Waals surface area contributed by atoms with Crippen LogP contribution in [0.2, 0.25) is 0 Å². The van der Waals surface area contributed by atoms with E-state index in [1.807, 2.05) is 0 Å². The highest BCUT2D eigenvalue weighted by Crippen LogP contribution is 2.23. The summed E-state index contributed by atoms with van der Waals surface area (Å²) >= 11 is 0. The molecule has 3 nitrogen and oxygen atoms in total. The van der Waals surface area contributed by atoms with Crippen molar-refractivity contribution in [3.63, 3.8) is 0 Å². The number of hydrogen-bond acceptors (Lipinski definition) is 3. The maximum atomic E-state index is 3.75. The number of nitrogens with one attached hydrogen (secondary N) is 1.